The van der Waals surface area contributed by atoms with Gasteiger partial charge in [-0.1, -0.05) is 24.3 Å². The predicted octanol–water partition coefficient (Wildman–Crippen LogP) is 4.33. The maximum absolute atomic E-state index is 14.3. The number of nitrogens with one attached hydrogen (secondary N) is 1. The summed E-state index contributed by atoms with van der Waals surface area (Å²) in [6.07, 6.45) is 0.851. The van der Waals surface area contributed by atoms with Crippen molar-refractivity contribution in [2.24, 2.45) is 5.92 Å². The van der Waals surface area contributed by atoms with Gasteiger partial charge in [-0.25, -0.2) is 4.39 Å². The molecule has 172 valence electrons. The summed E-state index contributed by atoms with van der Waals surface area (Å²) >= 11 is 0. The number of rotatable bonds is 4. The maximum Gasteiger partial charge on any atom is 0.258 e. The predicted molar refractivity (Wildman–Crippen MR) is 128 cm³/mol. The van der Waals surface area contributed by atoms with Crippen molar-refractivity contribution in [1.29, 1.82) is 0 Å². The summed E-state index contributed by atoms with van der Waals surface area (Å²) in [5, 5.41) is 2.82. The molecule has 34 heavy (non-hydrogen) atoms. The highest BCUT2D eigenvalue weighted by Crippen LogP contribution is 2.30. The number of carbonyl (C=O) groups is 3. The Morgan fingerprint density at radius 1 is 1.00 bits per heavy atom. The van der Waals surface area contributed by atoms with E-state index in [9.17, 15) is 18.8 Å². The molecule has 7 heteroatoms. The molecule has 0 aliphatic carbocycles. The molecule has 1 N–H and O–H groups in total. The second-order valence-electron chi connectivity index (χ2n) is 8.76. The SMILES string of the molecule is Cc1ccc(N2CC(C(=O)Nc3ccc(C(=O)N4CCc5ccccc54)cc3)CC2=O)c(F)c1. The van der Waals surface area contributed by atoms with Gasteiger partial charge < -0.3 is 15.1 Å². The number of hydrogen-bond acceptors (Lipinski definition) is 3. The second-order valence-corrected chi connectivity index (χ2v) is 8.76. The van der Waals surface area contributed by atoms with Crippen LogP contribution in [0.4, 0.5) is 21.5 Å². The van der Waals surface area contributed by atoms with Gasteiger partial charge in [0.05, 0.1) is 11.6 Å². The number of halogens is 1. The van der Waals surface area contributed by atoms with Crippen molar-refractivity contribution in [2.45, 2.75) is 19.8 Å². The zero-order chi connectivity index (χ0) is 23.8. The third-order valence-electron chi connectivity index (χ3n) is 6.42. The minimum absolute atomic E-state index is 0.0179. The van der Waals surface area contributed by atoms with Gasteiger partial charge in [-0.05, 0) is 66.9 Å². The lowest BCUT2D eigenvalue weighted by Gasteiger charge is -2.18. The van der Waals surface area contributed by atoms with E-state index in [2.05, 4.69) is 5.32 Å². The first-order valence-corrected chi connectivity index (χ1v) is 11.3. The Kier molecular flexibility index (Phi) is 5.61. The van der Waals surface area contributed by atoms with Crippen LogP contribution in [-0.2, 0) is 16.0 Å². The number of carbonyl (C=O) groups excluding carboxylic acids is 3. The largest absolute Gasteiger partial charge is 0.326 e. The molecule has 0 spiro atoms. The fourth-order valence-corrected chi connectivity index (χ4v) is 4.59. The Labute approximate surface area is 197 Å². The van der Waals surface area contributed by atoms with Gasteiger partial charge in [-0.15, -0.1) is 0 Å². The number of nitrogens with zero attached hydrogens (tertiary/aromatic N) is 2. The van der Waals surface area contributed by atoms with E-state index in [4.69, 9.17) is 0 Å². The first-order valence-electron chi connectivity index (χ1n) is 11.3. The molecule has 6 nitrogen and oxygen atoms in total. The molecule has 2 aliphatic heterocycles. The summed E-state index contributed by atoms with van der Waals surface area (Å²) in [5.74, 6) is -1.74. The molecule has 2 heterocycles. The van der Waals surface area contributed by atoms with E-state index in [1.807, 2.05) is 24.3 Å². The molecule has 1 saturated heterocycles. The van der Waals surface area contributed by atoms with Crippen molar-refractivity contribution in [3.05, 3.63) is 89.2 Å². The zero-order valence-corrected chi connectivity index (χ0v) is 18.8. The van der Waals surface area contributed by atoms with Gasteiger partial charge >= 0.3 is 0 Å². The van der Waals surface area contributed by atoms with Gasteiger partial charge in [0.15, 0.2) is 0 Å². The molecular weight excluding hydrogens is 433 g/mol. The van der Waals surface area contributed by atoms with E-state index >= 15 is 0 Å². The number of amides is 3. The minimum atomic E-state index is -0.587. The summed E-state index contributed by atoms with van der Waals surface area (Å²) in [5.41, 5.74) is 4.12. The lowest BCUT2D eigenvalue weighted by Crippen LogP contribution is -2.29. The summed E-state index contributed by atoms with van der Waals surface area (Å²) in [6.45, 7) is 2.54. The van der Waals surface area contributed by atoms with Crippen LogP contribution in [0.1, 0.15) is 27.9 Å². The Morgan fingerprint density at radius 3 is 2.53 bits per heavy atom. The second kappa shape index (κ2) is 8.74. The van der Waals surface area contributed by atoms with Crippen molar-refractivity contribution in [2.75, 3.05) is 28.2 Å². The van der Waals surface area contributed by atoms with Crippen LogP contribution in [0.2, 0.25) is 0 Å². The smallest absolute Gasteiger partial charge is 0.258 e. The van der Waals surface area contributed by atoms with Crippen LogP contribution >= 0.6 is 0 Å². The highest BCUT2D eigenvalue weighted by Gasteiger charge is 2.36. The molecular formula is C27H24FN3O3. The highest BCUT2D eigenvalue weighted by atomic mass is 19.1. The van der Waals surface area contributed by atoms with E-state index in [1.165, 1.54) is 11.0 Å². The van der Waals surface area contributed by atoms with Crippen LogP contribution in [0, 0.1) is 18.7 Å². The first-order chi connectivity index (χ1) is 16.4. The lowest BCUT2D eigenvalue weighted by atomic mass is 10.1. The summed E-state index contributed by atoms with van der Waals surface area (Å²) < 4.78 is 14.3. The van der Waals surface area contributed by atoms with Crippen LogP contribution in [-0.4, -0.2) is 30.8 Å². The van der Waals surface area contributed by atoms with E-state index in [0.717, 1.165) is 23.2 Å². The first kappa shape index (κ1) is 21.8. The number of fused-ring (bicyclic) bond motifs is 1. The number of benzene rings is 3. The zero-order valence-electron chi connectivity index (χ0n) is 18.8. The van der Waals surface area contributed by atoms with Crippen LogP contribution in [0.3, 0.4) is 0 Å². The Morgan fingerprint density at radius 2 is 1.76 bits per heavy atom. The molecule has 3 aromatic rings. The van der Waals surface area contributed by atoms with Crippen LogP contribution in [0.15, 0.2) is 66.7 Å². The molecule has 3 aromatic carbocycles. The summed E-state index contributed by atoms with van der Waals surface area (Å²) in [4.78, 5) is 41.3. The topological polar surface area (TPSA) is 69.7 Å². The third kappa shape index (κ3) is 4.05. The quantitative estimate of drug-likeness (QED) is 0.634. The number of hydrogen-bond donors (Lipinski definition) is 1. The maximum atomic E-state index is 14.3. The van der Waals surface area contributed by atoms with Crippen molar-refractivity contribution in [1.82, 2.24) is 0 Å². The van der Waals surface area contributed by atoms with Crippen molar-refractivity contribution < 1.29 is 18.8 Å². The molecule has 1 unspecified atom stereocenters. The Balaban J connectivity index is 1.24. The molecule has 2 aliphatic rings. The van der Waals surface area contributed by atoms with Gasteiger partial charge in [-0.3, -0.25) is 14.4 Å². The molecule has 1 fully saturated rings. The molecule has 5 rings (SSSR count). The molecule has 0 aromatic heterocycles. The summed E-state index contributed by atoms with van der Waals surface area (Å²) in [6, 6.07) is 19.3. The average Bonchev–Trinajstić information content (AvgIpc) is 3.43. The van der Waals surface area contributed by atoms with E-state index < -0.39 is 11.7 Å². The Bertz CT molecular complexity index is 1290. The van der Waals surface area contributed by atoms with E-state index in [-0.39, 0.29) is 36.4 Å². The molecule has 1 atom stereocenters. The molecule has 0 saturated carbocycles. The van der Waals surface area contributed by atoms with Gasteiger partial charge in [0.1, 0.15) is 5.82 Å². The van der Waals surface area contributed by atoms with Gasteiger partial charge in [0, 0.05) is 36.4 Å². The number of para-hydroxylation sites is 1. The highest BCUT2D eigenvalue weighted by molar-refractivity contribution is 6.08. The normalized spacial score (nSPS) is 17.1. The van der Waals surface area contributed by atoms with E-state index in [0.29, 0.717) is 17.8 Å². The number of aryl methyl sites for hydroxylation is 1. The van der Waals surface area contributed by atoms with Crippen LogP contribution in [0.25, 0.3) is 0 Å². The standard InChI is InChI=1S/C27H24FN3O3/c1-17-6-11-24(22(28)14-17)31-16-20(15-25(31)32)26(33)29-21-9-7-19(8-10-21)27(34)30-13-12-18-4-2-3-5-23(18)30/h2-11,14,20H,12-13,15-16H2,1H3,(H,29,33). The monoisotopic (exact) mass is 457 g/mol. The average molecular weight is 458 g/mol. The number of anilines is 3. The fraction of sp³-hybridized carbons (Fsp3) is 0.222. The van der Waals surface area contributed by atoms with Crippen LogP contribution in [0.5, 0.6) is 0 Å². The van der Waals surface area contributed by atoms with Gasteiger partial charge in [0.25, 0.3) is 5.91 Å². The van der Waals surface area contributed by atoms with Gasteiger partial charge in [0.2, 0.25) is 11.8 Å². The third-order valence-corrected chi connectivity index (χ3v) is 6.42. The Hall–Kier alpha value is -4.00. The van der Waals surface area contributed by atoms with Gasteiger partial charge in [-0.2, -0.15) is 0 Å². The molecule has 0 bridgehead atoms. The molecule has 3 amide bonds. The lowest BCUT2D eigenvalue weighted by molar-refractivity contribution is -0.122. The van der Waals surface area contributed by atoms with Crippen LogP contribution < -0.4 is 15.1 Å². The fourth-order valence-electron chi connectivity index (χ4n) is 4.59. The van der Waals surface area contributed by atoms with Crippen molar-refractivity contribution >= 4 is 34.8 Å². The minimum Gasteiger partial charge on any atom is -0.326 e. The van der Waals surface area contributed by atoms with E-state index in [1.54, 1.807) is 48.2 Å². The van der Waals surface area contributed by atoms with Crippen molar-refractivity contribution in [3.63, 3.8) is 0 Å². The van der Waals surface area contributed by atoms with Crippen molar-refractivity contribution in [3.8, 4) is 0 Å². The molecule has 0 radical (unpaired) electrons. The summed E-state index contributed by atoms with van der Waals surface area (Å²) in [7, 11) is 0.